The average Bonchev–Trinajstić information content (AvgIpc) is 2.53. The molecule has 23 heavy (non-hydrogen) atoms. The zero-order valence-corrected chi connectivity index (χ0v) is 14.0. The fraction of sp³-hybridized carbons (Fsp3) is 0.474. The average molecular weight is 313 g/mol. The van der Waals surface area contributed by atoms with Crippen LogP contribution in [0.3, 0.4) is 0 Å². The summed E-state index contributed by atoms with van der Waals surface area (Å²) in [5.41, 5.74) is 2.37. The predicted octanol–water partition coefficient (Wildman–Crippen LogP) is 3.57. The first-order chi connectivity index (χ1) is 10.9. The zero-order valence-electron chi connectivity index (χ0n) is 14.0. The fourth-order valence-corrected chi connectivity index (χ4v) is 3.53. The smallest absolute Gasteiger partial charge is 0.258 e. The van der Waals surface area contributed by atoms with Gasteiger partial charge in [-0.2, -0.15) is 0 Å². The van der Waals surface area contributed by atoms with Gasteiger partial charge in [-0.05, 0) is 48.9 Å². The Bertz CT molecular complexity index is 670. The van der Waals surface area contributed by atoms with Gasteiger partial charge >= 0.3 is 0 Å². The van der Waals surface area contributed by atoms with Gasteiger partial charge in [0.15, 0.2) is 5.78 Å². The molecule has 0 radical (unpaired) electrons. The van der Waals surface area contributed by atoms with E-state index in [0.717, 1.165) is 36.3 Å². The molecule has 4 nitrogen and oxygen atoms in total. The predicted molar refractivity (Wildman–Crippen MR) is 88.3 cm³/mol. The number of allylic oxidation sites excluding steroid dienone is 2. The van der Waals surface area contributed by atoms with Gasteiger partial charge in [-0.25, -0.2) is 0 Å². The van der Waals surface area contributed by atoms with Crippen molar-refractivity contribution in [1.29, 1.82) is 0 Å². The minimum absolute atomic E-state index is 0.0228. The summed E-state index contributed by atoms with van der Waals surface area (Å²) in [4.78, 5) is 27.2. The van der Waals surface area contributed by atoms with E-state index in [1.165, 1.54) is 0 Å². The van der Waals surface area contributed by atoms with Gasteiger partial charge in [0.05, 0.1) is 7.11 Å². The number of methoxy groups -OCH3 is 1. The highest BCUT2D eigenvalue weighted by Gasteiger charge is 2.38. The van der Waals surface area contributed by atoms with Crippen molar-refractivity contribution >= 4 is 11.7 Å². The van der Waals surface area contributed by atoms with Crippen molar-refractivity contribution in [2.45, 2.75) is 39.5 Å². The molecule has 0 atom stereocenters. The maximum atomic E-state index is 12.9. The number of amides is 1. The SMILES string of the molecule is COc1ccc(C(=O)N2CCCC3=C2CC(C)(C)CC3=O)cc1. The Morgan fingerprint density at radius 3 is 2.52 bits per heavy atom. The van der Waals surface area contributed by atoms with Gasteiger partial charge in [0.2, 0.25) is 0 Å². The third-order valence-corrected chi connectivity index (χ3v) is 4.69. The third-order valence-electron chi connectivity index (χ3n) is 4.69. The standard InChI is InChI=1S/C19H23NO3/c1-19(2)11-16-15(17(21)12-19)5-4-10-20(16)18(22)13-6-8-14(23-3)9-7-13/h6-9H,4-5,10-12H2,1-3H3. The van der Waals surface area contributed by atoms with Gasteiger partial charge in [-0.1, -0.05) is 13.8 Å². The molecule has 0 unspecified atom stereocenters. The number of carbonyl (C=O) groups is 2. The lowest BCUT2D eigenvalue weighted by molar-refractivity contribution is -0.118. The normalized spacial score (nSPS) is 20.3. The van der Waals surface area contributed by atoms with Gasteiger partial charge in [0.25, 0.3) is 5.91 Å². The molecule has 1 aromatic carbocycles. The summed E-state index contributed by atoms with van der Waals surface area (Å²) in [7, 11) is 1.61. The quantitative estimate of drug-likeness (QED) is 0.838. The number of hydrogen-bond acceptors (Lipinski definition) is 3. The maximum absolute atomic E-state index is 12.9. The van der Waals surface area contributed by atoms with Crippen LogP contribution in [0.15, 0.2) is 35.5 Å². The van der Waals surface area contributed by atoms with Crippen LogP contribution >= 0.6 is 0 Å². The van der Waals surface area contributed by atoms with Gasteiger partial charge < -0.3 is 9.64 Å². The summed E-state index contributed by atoms with van der Waals surface area (Å²) >= 11 is 0. The monoisotopic (exact) mass is 313 g/mol. The van der Waals surface area contributed by atoms with E-state index in [-0.39, 0.29) is 17.1 Å². The Morgan fingerprint density at radius 1 is 1.17 bits per heavy atom. The van der Waals surface area contributed by atoms with Gasteiger partial charge in [-0.3, -0.25) is 9.59 Å². The minimum atomic E-state index is -0.0777. The highest BCUT2D eigenvalue weighted by Crippen LogP contribution is 2.41. The van der Waals surface area contributed by atoms with E-state index in [2.05, 4.69) is 13.8 Å². The summed E-state index contributed by atoms with van der Waals surface area (Å²) in [6.07, 6.45) is 3.02. The summed E-state index contributed by atoms with van der Waals surface area (Å²) in [6, 6.07) is 7.16. The minimum Gasteiger partial charge on any atom is -0.497 e. The van der Waals surface area contributed by atoms with E-state index in [0.29, 0.717) is 18.5 Å². The number of rotatable bonds is 2. The van der Waals surface area contributed by atoms with Crippen LogP contribution in [-0.4, -0.2) is 30.2 Å². The molecule has 1 aromatic rings. The van der Waals surface area contributed by atoms with Crippen molar-refractivity contribution in [3.8, 4) is 5.75 Å². The Kier molecular flexibility index (Phi) is 4.00. The zero-order chi connectivity index (χ0) is 16.6. The van der Waals surface area contributed by atoms with E-state index in [9.17, 15) is 9.59 Å². The van der Waals surface area contributed by atoms with Crippen LogP contribution < -0.4 is 4.74 Å². The molecule has 2 aliphatic rings. The lowest BCUT2D eigenvalue weighted by atomic mass is 9.73. The Hall–Kier alpha value is -2.10. The molecule has 0 fully saturated rings. The fourth-order valence-electron chi connectivity index (χ4n) is 3.53. The second kappa shape index (κ2) is 5.84. The van der Waals surface area contributed by atoms with Crippen LogP contribution in [-0.2, 0) is 4.79 Å². The molecule has 0 saturated carbocycles. The number of nitrogens with zero attached hydrogens (tertiary/aromatic N) is 1. The number of ketones is 1. The van der Waals surface area contributed by atoms with Crippen LogP contribution in [0.25, 0.3) is 0 Å². The van der Waals surface area contributed by atoms with Crippen molar-refractivity contribution in [2.75, 3.05) is 13.7 Å². The van der Waals surface area contributed by atoms with E-state index in [1.54, 1.807) is 31.4 Å². The first kappa shape index (κ1) is 15.8. The molecular weight excluding hydrogens is 290 g/mol. The van der Waals surface area contributed by atoms with Crippen LogP contribution in [0.2, 0.25) is 0 Å². The largest absolute Gasteiger partial charge is 0.497 e. The van der Waals surface area contributed by atoms with Gasteiger partial charge in [-0.15, -0.1) is 0 Å². The summed E-state index contributed by atoms with van der Waals surface area (Å²) < 4.78 is 5.14. The molecule has 0 spiro atoms. The van der Waals surface area contributed by atoms with Crippen LogP contribution in [0.4, 0.5) is 0 Å². The van der Waals surface area contributed by atoms with E-state index >= 15 is 0 Å². The second-order valence-corrected chi connectivity index (χ2v) is 7.16. The molecule has 0 bridgehead atoms. The number of hydrogen-bond donors (Lipinski definition) is 0. The molecule has 122 valence electrons. The molecule has 4 heteroatoms. The van der Waals surface area contributed by atoms with Crippen LogP contribution in [0, 0.1) is 5.41 Å². The number of Topliss-reactive ketones (excluding diaryl/α,β-unsaturated/α-hetero) is 1. The molecule has 1 heterocycles. The molecule has 1 aliphatic heterocycles. The Labute approximate surface area is 137 Å². The van der Waals surface area contributed by atoms with E-state index in [1.807, 2.05) is 4.90 Å². The van der Waals surface area contributed by atoms with Crippen molar-refractivity contribution < 1.29 is 14.3 Å². The molecule has 0 N–H and O–H groups in total. The highest BCUT2D eigenvalue weighted by atomic mass is 16.5. The molecule has 0 saturated heterocycles. The number of benzene rings is 1. The van der Waals surface area contributed by atoms with E-state index in [4.69, 9.17) is 4.74 Å². The van der Waals surface area contributed by atoms with Crippen molar-refractivity contribution in [3.63, 3.8) is 0 Å². The van der Waals surface area contributed by atoms with Gasteiger partial charge in [0, 0.05) is 29.8 Å². The summed E-state index contributed by atoms with van der Waals surface area (Å²) in [5.74, 6) is 0.919. The summed E-state index contributed by atoms with van der Waals surface area (Å²) in [6.45, 7) is 4.88. The lowest BCUT2D eigenvalue weighted by Crippen LogP contribution is -2.41. The molecule has 1 amide bonds. The topological polar surface area (TPSA) is 46.6 Å². The molecular formula is C19H23NO3. The van der Waals surface area contributed by atoms with Gasteiger partial charge in [0.1, 0.15) is 5.75 Å². The van der Waals surface area contributed by atoms with E-state index < -0.39 is 0 Å². The first-order valence-electron chi connectivity index (χ1n) is 8.12. The number of ether oxygens (including phenoxy) is 1. The van der Waals surface area contributed by atoms with Crippen molar-refractivity contribution in [2.24, 2.45) is 5.41 Å². The second-order valence-electron chi connectivity index (χ2n) is 7.16. The molecule has 0 aromatic heterocycles. The summed E-state index contributed by atoms with van der Waals surface area (Å²) in [5, 5.41) is 0. The van der Waals surface area contributed by atoms with Crippen LogP contribution in [0.1, 0.15) is 49.9 Å². The third kappa shape index (κ3) is 3.03. The molecule has 1 aliphatic carbocycles. The first-order valence-corrected chi connectivity index (χ1v) is 8.12. The Balaban J connectivity index is 1.93. The number of carbonyl (C=O) groups excluding carboxylic acids is 2. The Morgan fingerprint density at radius 2 is 1.87 bits per heavy atom. The van der Waals surface area contributed by atoms with Crippen LogP contribution in [0.5, 0.6) is 5.75 Å². The maximum Gasteiger partial charge on any atom is 0.258 e. The molecule has 3 rings (SSSR count). The highest BCUT2D eigenvalue weighted by molar-refractivity contribution is 6.01. The van der Waals surface area contributed by atoms with Crippen molar-refractivity contribution in [1.82, 2.24) is 4.90 Å². The lowest BCUT2D eigenvalue weighted by Gasteiger charge is -2.40. The van der Waals surface area contributed by atoms with Crippen molar-refractivity contribution in [3.05, 3.63) is 41.1 Å².